The number of para-hydroxylation sites is 1. The molecule has 6 heteroatoms. The Balaban J connectivity index is 1.43. The third-order valence-corrected chi connectivity index (χ3v) is 5.74. The van der Waals surface area contributed by atoms with E-state index >= 15 is 0 Å². The monoisotopic (exact) mass is 424 g/mol. The number of hydrogen-bond acceptors (Lipinski definition) is 4. The second-order valence-electron chi connectivity index (χ2n) is 7.37. The summed E-state index contributed by atoms with van der Waals surface area (Å²) in [5, 5.41) is 3.76. The molecule has 0 saturated carbocycles. The molecule has 1 atom stereocenters. The smallest absolute Gasteiger partial charge is 0.287 e. The van der Waals surface area contributed by atoms with E-state index in [9.17, 15) is 4.79 Å². The van der Waals surface area contributed by atoms with Crippen LogP contribution in [0.4, 0.5) is 0 Å². The highest BCUT2D eigenvalue weighted by Crippen LogP contribution is 2.30. The lowest BCUT2D eigenvalue weighted by Crippen LogP contribution is -2.37. The first-order valence-electron chi connectivity index (χ1n) is 10.2. The second kappa shape index (κ2) is 9.83. The van der Waals surface area contributed by atoms with Crippen LogP contribution in [0.3, 0.4) is 0 Å². The Morgan fingerprint density at radius 3 is 2.57 bits per heavy atom. The van der Waals surface area contributed by atoms with Gasteiger partial charge >= 0.3 is 0 Å². The summed E-state index contributed by atoms with van der Waals surface area (Å²) >= 11 is 6.46. The second-order valence-corrected chi connectivity index (χ2v) is 7.77. The highest BCUT2D eigenvalue weighted by Gasteiger charge is 2.26. The fourth-order valence-electron chi connectivity index (χ4n) is 3.83. The number of benzene rings is 2. The van der Waals surface area contributed by atoms with E-state index < -0.39 is 0 Å². The van der Waals surface area contributed by atoms with Crippen molar-refractivity contribution in [2.75, 3.05) is 19.6 Å². The molecule has 3 aromatic rings. The van der Waals surface area contributed by atoms with Crippen LogP contribution in [0.1, 0.15) is 40.6 Å². The number of carbonyl (C=O) groups excluding carboxylic acids is 1. The topological polar surface area (TPSA) is 54.7 Å². The number of furan rings is 1. The van der Waals surface area contributed by atoms with Crippen molar-refractivity contribution in [1.29, 1.82) is 0 Å². The zero-order valence-electron chi connectivity index (χ0n) is 16.7. The van der Waals surface area contributed by atoms with Crippen molar-refractivity contribution < 1.29 is 13.9 Å². The first-order chi connectivity index (χ1) is 14.7. The number of likely N-dealkylation sites (tertiary alicyclic amines) is 1. The van der Waals surface area contributed by atoms with Crippen LogP contribution in [0.2, 0.25) is 5.02 Å². The lowest BCUT2D eigenvalue weighted by molar-refractivity contribution is 0.0906. The van der Waals surface area contributed by atoms with E-state index in [4.69, 9.17) is 20.8 Å². The number of hydrogen-bond donors (Lipinski definition) is 1. The van der Waals surface area contributed by atoms with Crippen molar-refractivity contribution in [2.24, 2.45) is 0 Å². The molecule has 5 nitrogen and oxygen atoms in total. The molecule has 1 fully saturated rings. The molecule has 0 bridgehead atoms. The molecule has 1 unspecified atom stereocenters. The van der Waals surface area contributed by atoms with Crippen LogP contribution in [-0.4, -0.2) is 30.4 Å². The fourth-order valence-corrected chi connectivity index (χ4v) is 4.09. The zero-order chi connectivity index (χ0) is 20.8. The number of carbonyl (C=O) groups is 1. The van der Waals surface area contributed by atoms with Gasteiger partial charge in [0, 0.05) is 17.1 Å². The van der Waals surface area contributed by atoms with Crippen LogP contribution >= 0.6 is 11.6 Å². The van der Waals surface area contributed by atoms with Gasteiger partial charge in [-0.15, -0.1) is 0 Å². The number of rotatable bonds is 8. The van der Waals surface area contributed by atoms with Gasteiger partial charge in [-0.3, -0.25) is 9.69 Å². The molecule has 2 heterocycles. The minimum Gasteiger partial charge on any atom is -0.489 e. The Hall–Kier alpha value is -2.76. The van der Waals surface area contributed by atoms with Gasteiger partial charge in [0.25, 0.3) is 5.91 Å². The normalized spacial score (nSPS) is 15.1. The predicted octanol–water partition coefficient (Wildman–Crippen LogP) is 5.08. The Kier molecular flexibility index (Phi) is 6.72. The maximum atomic E-state index is 12.9. The van der Waals surface area contributed by atoms with Gasteiger partial charge in [0.05, 0.1) is 12.3 Å². The van der Waals surface area contributed by atoms with E-state index in [0.717, 1.165) is 42.3 Å². The van der Waals surface area contributed by atoms with E-state index in [0.29, 0.717) is 12.1 Å². The Labute approximate surface area is 181 Å². The van der Waals surface area contributed by atoms with Gasteiger partial charge in [-0.1, -0.05) is 48.0 Å². The van der Waals surface area contributed by atoms with Gasteiger partial charge in [-0.05, 0) is 55.8 Å². The van der Waals surface area contributed by atoms with Crippen LogP contribution in [0.15, 0.2) is 71.3 Å². The van der Waals surface area contributed by atoms with Crippen LogP contribution in [-0.2, 0) is 6.61 Å². The Morgan fingerprint density at radius 2 is 1.80 bits per heavy atom. The third kappa shape index (κ3) is 4.86. The molecule has 4 rings (SSSR count). The molecule has 1 amide bonds. The standard InChI is InChI=1S/C24H25ClN2O3/c25-21-11-5-4-10-20(21)22(27-13-6-7-14-27)16-26-24(28)23-18(12-15-29-23)17-30-19-8-2-1-3-9-19/h1-5,8-12,15,22H,6-7,13-14,16-17H2,(H,26,28). The average Bonchev–Trinajstić information content (AvgIpc) is 3.46. The van der Waals surface area contributed by atoms with E-state index in [2.05, 4.69) is 10.2 Å². The van der Waals surface area contributed by atoms with E-state index in [-0.39, 0.29) is 24.3 Å². The first-order valence-corrected chi connectivity index (χ1v) is 10.6. The summed E-state index contributed by atoms with van der Waals surface area (Å²) in [7, 11) is 0. The average molecular weight is 425 g/mol. The number of ether oxygens (including phenoxy) is 1. The summed E-state index contributed by atoms with van der Waals surface area (Å²) in [6.45, 7) is 2.73. The molecular formula is C24H25ClN2O3. The summed E-state index contributed by atoms with van der Waals surface area (Å²) in [4.78, 5) is 15.2. The van der Waals surface area contributed by atoms with E-state index in [1.807, 2.05) is 54.6 Å². The summed E-state index contributed by atoms with van der Waals surface area (Å²) < 4.78 is 11.2. The van der Waals surface area contributed by atoms with Crippen molar-refractivity contribution in [3.05, 3.63) is 88.8 Å². The molecule has 1 aliphatic heterocycles. The van der Waals surface area contributed by atoms with Gasteiger partial charge in [-0.25, -0.2) is 0 Å². The first kappa shape index (κ1) is 20.5. The molecule has 0 radical (unpaired) electrons. The third-order valence-electron chi connectivity index (χ3n) is 5.39. The van der Waals surface area contributed by atoms with Gasteiger partial charge in [0.1, 0.15) is 12.4 Å². The molecular weight excluding hydrogens is 400 g/mol. The van der Waals surface area contributed by atoms with Crippen molar-refractivity contribution in [2.45, 2.75) is 25.5 Å². The molecule has 1 saturated heterocycles. The van der Waals surface area contributed by atoms with Crippen molar-refractivity contribution in [1.82, 2.24) is 10.2 Å². The van der Waals surface area contributed by atoms with Crippen molar-refractivity contribution in [3.63, 3.8) is 0 Å². The van der Waals surface area contributed by atoms with Gasteiger partial charge in [-0.2, -0.15) is 0 Å². The predicted molar refractivity (Wildman–Crippen MR) is 117 cm³/mol. The quantitative estimate of drug-likeness (QED) is 0.548. The van der Waals surface area contributed by atoms with Crippen LogP contribution in [0.25, 0.3) is 0 Å². The number of amides is 1. The van der Waals surface area contributed by atoms with Crippen LogP contribution in [0.5, 0.6) is 5.75 Å². The maximum absolute atomic E-state index is 12.9. The van der Waals surface area contributed by atoms with E-state index in [1.54, 1.807) is 6.07 Å². The lowest BCUT2D eigenvalue weighted by atomic mass is 10.1. The highest BCUT2D eigenvalue weighted by atomic mass is 35.5. The SMILES string of the molecule is O=C(NCC(c1ccccc1Cl)N1CCCC1)c1occc1COc1ccccc1. The van der Waals surface area contributed by atoms with Gasteiger partial charge < -0.3 is 14.5 Å². The number of halogens is 1. The van der Waals surface area contributed by atoms with E-state index in [1.165, 1.54) is 6.26 Å². The molecule has 1 N–H and O–H groups in total. The number of nitrogens with one attached hydrogen (secondary N) is 1. The zero-order valence-corrected chi connectivity index (χ0v) is 17.5. The minimum absolute atomic E-state index is 0.0316. The molecule has 30 heavy (non-hydrogen) atoms. The summed E-state index contributed by atoms with van der Waals surface area (Å²) in [5.74, 6) is 0.783. The summed E-state index contributed by atoms with van der Waals surface area (Å²) in [5.41, 5.74) is 1.75. The fraction of sp³-hybridized carbons (Fsp3) is 0.292. The van der Waals surface area contributed by atoms with Crippen LogP contribution in [0, 0.1) is 0 Å². The minimum atomic E-state index is -0.247. The summed E-state index contributed by atoms with van der Waals surface area (Å²) in [6, 6.07) is 19.1. The molecule has 0 spiro atoms. The largest absolute Gasteiger partial charge is 0.489 e. The maximum Gasteiger partial charge on any atom is 0.287 e. The Bertz CT molecular complexity index is 967. The van der Waals surface area contributed by atoms with Gasteiger partial charge in [0.2, 0.25) is 0 Å². The molecule has 2 aromatic carbocycles. The highest BCUT2D eigenvalue weighted by molar-refractivity contribution is 6.31. The van der Waals surface area contributed by atoms with Crippen LogP contribution < -0.4 is 10.1 Å². The number of nitrogens with zero attached hydrogens (tertiary/aromatic N) is 1. The van der Waals surface area contributed by atoms with Gasteiger partial charge in [0.15, 0.2) is 5.76 Å². The molecule has 0 aliphatic carbocycles. The lowest BCUT2D eigenvalue weighted by Gasteiger charge is -2.28. The summed E-state index contributed by atoms with van der Waals surface area (Å²) in [6.07, 6.45) is 3.84. The van der Waals surface area contributed by atoms with Crippen molar-refractivity contribution >= 4 is 17.5 Å². The Morgan fingerprint density at radius 1 is 1.07 bits per heavy atom. The molecule has 1 aromatic heterocycles. The van der Waals surface area contributed by atoms with Crippen molar-refractivity contribution in [3.8, 4) is 5.75 Å². The molecule has 156 valence electrons. The molecule has 1 aliphatic rings.